The van der Waals surface area contributed by atoms with Crippen molar-refractivity contribution >= 4 is 0 Å². The van der Waals surface area contributed by atoms with Crippen LogP contribution >= 0.6 is 0 Å². The molecule has 0 amide bonds. The second-order valence-electron chi connectivity index (χ2n) is 4.43. The maximum atomic E-state index is 12.4. The van der Waals surface area contributed by atoms with Gasteiger partial charge in [-0.2, -0.15) is 18.3 Å². The molecule has 0 aromatic carbocycles. The second-order valence-corrected chi connectivity index (χ2v) is 4.43. The first-order valence-corrected chi connectivity index (χ1v) is 5.82. The molecule has 2 heterocycles. The van der Waals surface area contributed by atoms with Crippen LogP contribution in [0.2, 0.25) is 0 Å². The molecule has 3 nitrogen and oxygen atoms in total. The highest BCUT2D eigenvalue weighted by atomic mass is 19.4. The molecule has 0 unspecified atom stereocenters. The average Bonchev–Trinajstić information content (AvgIpc) is 2.78. The van der Waals surface area contributed by atoms with Crippen LogP contribution in [0.5, 0.6) is 0 Å². The van der Waals surface area contributed by atoms with Gasteiger partial charge in [0.15, 0.2) is 0 Å². The van der Waals surface area contributed by atoms with Gasteiger partial charge in [-0.1, -0.05) is 0 Å². The van der Waals surface area contributed by atoms with E-state index < -0.39 is 12.1 Å². The lowest BCUT2D eigenvalue weighted by Gasteiger charge is -2.32. The molecule has 1 fully saturated rings. The van der Waals surface area contributed by atoms with Crippen molar-refractivity contribution in [3.63, 3.8) is 0 Å². The third kappa shape index (κ3) is 3.46. The van der Waals surface area contributed by atoms with Crippen molar-refractivity contribution in [3.8, 4) is 0 Å². The van der Waals surface area contributed by atoms with Crippen LogP contribution in [0, 0.1) is 5.92 Å². The van der Waals surface area contributed by atoms with E-state index in [2.05, 4.69) is 10.00 Å². The zero-order valence-corrected chi connectivity index (χ0v) is 9.53. The first-order valence-electron chi connectivity index (χ1n) is 5.82. The molecule has 6 heteroatoms. The van der Waals surface area contributed by atoms with E-state index in [9.17, 15) is 13.2 Å². The number of piperidine rings is 1. The molecule has 0 radical (unpaired) electrons. The fourth-order valence-electron chi connectivity index (χ4n) is 2.16. The molecule has 0 saturated carbocycles. The SMILES string of the molecule is FC(F)(F)C1CCN(CCn2cccn2)CC1. The standard InChI is InChI=1S/C11H16F3N3/c12-11(13,14)10-2-6-16(7-3-10)8-9-17-5-1-4-15-17/h1,4-5,10H,2-3,6-9H2. The van der Waals surface area contributed by atoms with Crippen molar-refractivity contribution in [2.45, 2.75) is 25.6 Å². The van der Waals surface area contributed by atoms with E-state index in [-0.39, 0.29) is 12.8 Å². The Morgan fingerprint density at radius 1 is 1.18 bits per heavy atom. The van der Waals surface area contributed by atoms with Gasteiger partial charge in [0.05, 0.1) is 12.5 Å². The molecule has 0 N–H and O–H groups in total. The Morgan fingerprint density at radius 2 is 1.88 bits per heavy atom. The van der Waals surface area contributed by atoms with Gasteiger partial charge in [0.25, 0.3) is 0 Å². The van der Waals surface area contributed by atoms with Crippen molar-refractivity contribution in [2.24, 2.45) is 5.92 Å². The van der Waals surface area contributed by atoms with Crippen molar-refractivity contribution in [1.29, 1.82) is 0 Å². The first-order chi connectivity index (χ1) is 8.05. The lowest BCUT2D eigenvalue weighted by atomic mass is 9.96. The van der Waals surface area contributed by atoms with E-state index >= 15 is 0 Å². The summed E-state index contributed by atoms with van der Waals surface area (Å²) in [7, 11) is 0. The van der Waals surface area contributed by atoms with Crippen LogP contribution in [-0.2, 0) is 6.54 Å². The maximum Gasteiger partial charge on any atom is 0.391 e. The quantitative estimate of drug-likeness (QED) is 0.816. The Kier molecular flexibility index (Phi) is 3.71. The van der Waals surface area contributed by atoms with Gasteiger partial charge in [-0.3, -0.25) is 4.68 Å². The van der Waals surface area contributed by atoms with Crippen LogP contribution < -0.4 is 0 Å². The topological polar surface area (TPSA) is 21.1 Å². The summed E-state index contributed by atoms with van der Waals surface area (Å²) in [4.78, 5) is 2.07. The van der Waals surface area contributed by atoms with Crippen LogP contribution in [-0.4, -0.2) is 40.5 Å². The minimum absolute atomic E-state index is 0.225. The summed E-state index contributed by atoms with van der Waals surface area (Å²) in [5.41, 5.74) is 0. The van der Waals surface area contributed by atoms with Gasteiger partial charge in [0, 0.05) is 18.9 Å². The van der Waals surface area contributed by atoms with Gasteiger partial charge in [-0.15, -0.1) is 0 Å². The lowest BCUT2D eigenvalue weighted by molar-refractivity contribution is -0.185. The molecule has 0 bridgehead atoms. The fourth-order valence-corrected chi connectivity index (χ4v) is 2.16. The van der Waals surface area contributed by atoms with Crippen LogP contribution in [0.4, 0.5) is 13.2 Å². The molecule has 96 valence electrons. The van der Waals surface area contributed by atoms with Crippen molar-refractivity contribution < 1.29 is 13.2 Å². The monoisotopic (exact) mass is 247 g/mol. The highest BCUT2D eigenvalue weighted by Crippen LogP contribution is 2.33. The second kappa shape index (κ2) is 5.08. The van der Waals surface area contributed by atoms with Gasteiger partial charge >= 0.3 is 6.18 Å². The fraction of sp³-hybridized carbons (Fsp3) is 0.727. The summed E-state index contributed by atoms with van der Waals surface area (Å²) in [5.74, 6) is -1.11. The number of hydrogen-bond donors (Lipinski definition) is 0. The Balaban J connectivity index is 1.72. The first kappa shape index (κ1) is 12.4. The summed E-state index contributed by atoms with van der Waals surface area (Å²) < 4.78 is 39.1. The molecule has 0 spiro atoms. The van der Waals surface area contributed by atoms with Gasteiger partial charge in [-0.05, 0) is 32.0 Å². The van der Waals surface area contributed by atoms with E-state index in [1.54, 1.807) is 10.9 Å². The molecule has 1 aliphatic heterocycles. The van der Waals surface area contributed by atoms with Crippen LogP contribution in [0.1, 0.15) is 12.8 Å². The highest BCUT2D eigenvalue weighted by molar-refractivity contribution is 4.80. The number of nitrogens with zero attached hydrogens (tertiary/aromatic N) is 3. The van der Waals surface area contributed by atoms with Crippen LogP contribution in [0.3, 0.4) is 0 Å². The molecule has 1 aromatic heterocycles. The molecule has 17 heavy (non-hydrogen) atoms. The normalized spacial score (nSPS) is 19.7. The molecule has 1 aromatic rings. The van der Waals surface area contributed by atoms with Gasteiger partial charge in [0.1, 0.15) is 0 Å². The van der Waals surface area contributed by atoms with Crippen molar-refractivity contribution in [2.75, 3.05) is 19.6 Å². The van der Waals surface area contributed by atoms with E-state index in [0.717, 1.165) is 13.1 Å². The molecule has 0 atom stereocenters. The smallest absolute Gasteiger partial charge is 0.301 e. The Bertz CT molecular complexity index is 326. The van der Waals surface area contributed by atoms with E-state index in [1.165, 1.54) is 0 Å². The largest absolute Gasteiger partial charge is 0.391 e. The lowest BCUT2D eigenvalue weighted by Crippen LogP contribution is -2.40. The highest BCUT2D eigenvalue weighted by Gasteiger charge is 2.40. The number of halogens is 3. The Morgan fingerprint density at radius 3 is 2.41 bits per heavy atom. The number of alkyl halides is 3. The summed E-state index contributed by atoms with van der Waals surface area (Å²) in [5, 5.41) is 4.06. The number of rotatable bonds is 3. The third-order valence-corrected chi connectivity index (χ3v) is 3.26. The minimum atomic E-state index is -4.02. The summed E-state index contributed by atoms with van der Waals surface area (Å²) in [6.07, 6.45) is -0.00234. The summed E-state index contributed by atoms with van der Waals surface area (Å²) in [6, 6.07) is 1.84. The summed E-state index contributed by atoms with van der Waals surface area (Å²) >= 11 is 0. The molecule has 1 aliphatic rings. The van der Waals surface area contributed by atoms with E-state index in [4.69, 9.17) is 0 Å². The molecule has 1 saturated heterocycles. The van der Waals surface area contributed by atoms with Crippen molar-refractivity contribution in [3.05, 3.63) is 18.5 Å². The molecule has 0 aliphatic carbocycles. The Hall–Kier alpha value is -1.04. The number of likely N-dealkylation sites (tertiary alicyclic amines) is 1. The predicted octanol–water partition coefficient (Wildman–Crippen LogP) is 2.16. The Labute approximate surface area is 98.2 Å². The summed E-state index contributed by atoms with van der Waals surface area (Å²) in [6.45, 7) is 2.58. The third-order valence-electron chi connectivity index (χ3n) is 3.26. The van der Waals surface area contributed by atoms with Gasteiger partial charge in [-0.25, -0.2) is 0 Å². The van der Waals surface area contributed by atoms with Gasteiger partial charge in [0.2, 0.25) is 0 Å². The van der Waals surface area contributed by atoms with Crippen LogP contribution in [0.15, 0.2) is 18.5 Å². The zero-order chi connectivity index (χ0) is 12.3. The minimum Gasteiger partial charge on any atom is -0.301 e. The molecule has 2 rings (SSSR count). The van der Waals surface area contributed by atoms with E-state index in [1.807, 2.05) is 12.3 Å². The van der Waals surface area contributed by atoms with Crippen LogP contribution in [0.25, 0.3) is 0 Å². The molecular weight excluding hydrogens is 231 g/mol. The number of hydrogen-bond acceptors (Lipinski definition) is 2. The maximum absolute atomic E-state index is 12.4. The van der Waals surface area contributed by atoms with E-state index in [0.29, 0.717) is 13.1 Å². The molecular formula is C11H16F3N3. The number of aromatic nitrogens is 2. The zero-order valence-electron chi connectivity index (χ0n) is 9.53. The predicted molar refractivity (Wildman–Crippen MR) is 57.4 cm³/mol. The average molecular weight is 247 g/mol. The van der Waals surface area contributed by atoms with Crippen molar-refractivity contribution in [1.82, 2.24) is 14.7 Å². The van der Waals surface area contributed by atoms with Gasteiger partial charge < -0.3 is 4.90 Å².